The molecule has 0 bridgehead atoms. The van der Waals surface area contributed by atoms with E-state index in [0.717, 1.165) is 66.9 Å². The van der Waals surface area contributed by atoms with E-state index < -0.39 is 0 Å². The fraction of sp³-hybridized carbons (Fsp3) is 0.310. The van der Waals surface area contributed by atoms with Gasteiger partial charge in [-0.15, -0.1) is 0 Å². The number of aromatic nitrogens is 2. The van der Waals surface area contributed by atoms with Gasteiger partial charge >= 0.3 is 0 Å². The number of imidazole rings is 1. The van der Waals surface area contributed by atoms with Gasteiger partial charge in [0.15, 0.2) is 0 Å². The van der Waals surface area contributed by atoms with Gasteiger partial charge in [0.2, 0.25) is 5.91 Å². The lowest BCUT2D eigenvalue weighted by molar-refractivity contribution is -0.131. The summed E-state index contributed by atoms with van der Waals surface area (Å²) >= 11 is 0. The van der Waals surface area contributed by atoms with Crippen molar-refractivity contribution in [3.63, 3.8) is 0 Å². The smallest absolute Gasteiger partial charge is 0.225 e. The van der Waals surface area contributed by atoms with Gasteiger partial charge in [0.25, 0.3) is 0 Å². The number of rotatable bonds is 5. The molecule has 2 heterocycles. The van der Waals surface area contributed by atoms with E-state index in [-0.39, 0.29) is 11.7 Å². The molecule has 1 atom stereocenters. The maximum Gasteiger partial charge on any atom is 0.225 e. The van der Waals surface area contributed by atoms with Crippen molar-refractivity contribution in [3.8, 4) is 28.3 Å². The zero-order valence-electron chi connectivity index (χ0n) is 19.4. The van der Waals surface area contributed by atoms with E-state index >= 15 is 0 Å². The normalized spacial score (nSPS) is 18.0. The molecule has 1 amide bonds. The Bertz CT molecular complexity index is 1370. The van der Waals surface area contributed by atoms with Crippen molar-refractivity contribution in [2.45, 2.75) is 32.7 Å². The zero-order chi connectivity index (χ0) is 23.2. The van der Waals surface area contributed by atoms with Crippen molar-refractivity contribution in [2.75, 3.05) is 13.1 Å². The van der Waals surface area contributed by atoms with Crippen LogP contribution in [0.3, 0.4) is 0 Å². The first-order chi connectivity index (χ1) is 16.6. The van der Waals surface area contributed by atoms with Crippen LogP contribution in [-0.4, -0.2) is 38.6 Å². The number of phenols is 1. The van der Waals surface area contributed by atoms with Crippen LogP contribution in [0.25, 0.3) is 33.5 Å². The van der Waals surface area contributed by atoms with Crippen LogP contribution in [-0.2, 0) is 11.3 Å². The van der Waals surface area contributed by atoms with Crippen LogP contribution < -0.4 is 0 Å². The number of nitrogens with zero attached hydrogens (tertiary/aromatic N) is 3. The number of aryl methyl sites for hydroxylation is 1. The molecular formula is C29H29N3O2. The Kier molecular flexibility index (Phi) is 5.13. The minimum Gasteiger partial charge on any atom is -0.508 e. The number of likely N-dealkylation sites (tertiary alicyclic amines) is 1. The molecule has 5 heteroatoms. The second-order valence-corrected chi connectivity index (χ2v) is 9.83. The molecule has 1 aliphatic carbocycles. The molecule has 3 aromatic carbocycles. The second kappa shape index (κ2) is 8.32. The fourth-order valence-corrected chi connectivity index (χ4v) is 5.29. The van der Waals surface area contributed by atoms with Crippen molar-refractivity contribution in [3.05, 3.63) is 72.3 Å². The predicted molar refractivity (Wildman–Crippen MR) is 134 cm³/mol. The number of carbonyl (C=O) groups excluding carboxylic acids is 1. The topological polar surface area (TPSA) is 58.4 Å². The number of carbonyl (C=O) groups is 1. The lowest BCUT2D eigenvalue weighted by atomic mass is 10.0. The molecule has 4 aromatic rings. The highest BCUT2D eigenvalue weighted by Crippen LogP contribution is 2.35. The van der Waals surface area contributed by atoms with Gasteiger partial charge in [-0.05, 0) is 67.0 Å². The lowest BCUT2D eigenvalue weighted by Gasteiger charge is -2.18. The summed E-state index contributed by atoms with van der Waals surface area (Å²) in [7, 11) is 0. The van der Waals surface area contributed by atoms with Crippen molar-refractivity contribution < 1.29 is 9.90 Å². The molecule has 1 saturated heterocycles. The molecule has 1 N–H and O–H groups in total. The van der Waals surface area contributed by atoms with E-state index in [1.165, 1.54) is 11.1 Å². The average molecular weight is 452 g/mol. The number of phenolic OH excluding ortho intramolecular Hbond substituents is 1. The van der Waals surface area contributed by atoms with Gasteiger partial charge < -0.3 is 14.6 Å². The van der Waals surface area contributed by atoms with Crippen LogP contribution in [0.15, 0.2) is 66.7 Å². The molecular weight excluding hydrogens is 422 g/mol. The average Bonchev–Trinajstić information content (AvgIpc) is 3.48. The zero-order valence-corrected chi connectivity index (χ0v) is 19.4. The summed E-state index contributed by atoms with van der Waals surface area (Å²) in [5.41, 5.74) is 6.53. The Labute approximate surface area is 199 Å². The van der Waals surface area contributed by atoms with Crippen molar-refractivity contribution >= 4 is 16.9 Å². The quantitative estimate of drug-likeness (QED) is 0.427. The van der Waals surface area contributed by atoms with Gasteiger partial charge in [-0.2, -0.15) is 0 Å². The second-order valence-electron chi connectivity index (χ2n) is 9.83. The Morgan fingerprint density at radius 3 is 2.50 bits per heavy atom. The lowest BCUT2D eigenvalue weighted by Crippen LogP contribution is -2.30. The van der Waals surface area contributed by atoms with E-state index in [4.69, 9.17) is 4.98 Å². The number of aromatic hydroxyl groups is 1. The summed E-state index contributed by atoms with van der Waals surface area (Å²) in [4.78, 5) is 19.7. The molecule has 6 rings (SSSR count). The first-order valence-electron chi connectivity index (χ1n) is 12.2. The highest BCUT2D eigenvalue weighted by atomic mass is 16.3. The number of para-hydroxylation sites is 1. The monoisotopic (exact) mass is 451 g/mol. The molecule has 1 unspecified atom stereocenters. The maximum atomic E-state index is 12.6. The molecule has 34 heavy (non-hydrogen) atoms. The SMILES string of the molecule is Cc1cccc2nc(-c3ccc(-c4cccc(O)c4)cc3)n(CC3CCN(C(=O)C4CC4)C3)c12. The molecule has 0 radical (unpaired) electrons. The number of hydrogen-bond donors (Lipinski definition) is 1. The van der Waals surface area contributed by atoms with E-state index in [0.29, 0.717) is 11.8 Å². The van der Waals surface area contributed by atoms with Crippen molar-refractivity contribution in [2.24, 2.45) is 11.8 Å². The van der Waals surface area contributed by atoms with Gasteiger partial charge in [-0.3, -0.25) is 4.79 Å². The Hall–Kier alpha value is -3.60. The largest absolute Gasteiger partial charge is 0.508 e. The minimum atomic E-state index is 0.268. The standard InChI is InChI=1S/C29H29N3O2/c1-19-4-2-7-26-27(19)32(18-20-14-15-31(17-20)29(34)23-12-13-23)28(30-26)22-10-8-21(9-11-22)24-5-3-6-25(33)16-24/h2-11,16,20,23,33H,12-15,17-18H2,1H3. The van der Waals surface area contributed by atoms with Crippen LogP contribution in [0.2, 0.25) is 0 Å². The fourth-order valence-electron chi connectivity index (χ4n) is 5.29. The molecule has 1 aliphatic heterocycles. The summed E-state index contributed by atoms with van der Waals surface area (Å²) in [6.45, 7) is 4.72. The molecule has 1 aromatic heterocycles. The van der Waals surface area contributed by atoms with Crippen LogP contribution in [0.5, 0.6) is 5.75 Å². The number of amides is 1. The Balaban J connectivity index is 1.33. The third-order valence-electron chi connectivity index (χ3n) is 7.26. The van der Waals surface area contributed by atoms with E-state index in [1.54, 1.807) is 12.1 Å². The van der Waals surface area contributed by atoms with E-state index in [1.807, 2.05) is 12.1 Å². The van der Waals surface area contributed by atoms with Crippen LogP contribution in [0.4, 0.5) is 0 Å². The highest BCUT2D eigenvalue weighted by molar-refractivity contribution is 5.84. The molecule has 172 valence electrons. The van der Waals surface area contributed by atoms with Crippen molar-refractivity contribution in [1.82, 2.24) is 14.5 Å². The summed E-state index contributed by atoms with van der Waals surface area (Å²) in [6, 6.07) is 22.0. The Morgan fingerprint density at radius 1 is 0.971 bits per heavy atom. The van der Waals surface area contributed by atoms with Crippen molar-refractivity contribution in [1.29, 1.82) is 0 Å². The van der Waals surface area contributed by atoms with Gasteiger partial charge in [-0.1, -0.05) is 48.5 Å². The number of fused-ring (bicyclic) bond motifs is 1. The number of hydrogen-bond acceptors (Lipinski definition) is 3. The maximum absolute atomic E-state index is 12.6. The summed E-state index contributed by atoms with van der Waals surface area (Å²) in [5.74, 6) is 2.32. The molecule has 2 fully saturated rings. The first-order valence-corrected chi connectivity index (χ1v) is 12.2. The molecule has 1 saturated carbocycles. The van der Waals surface area contributed by atoms with E-state index in [2.05, 4.69) is 58.9 Å². The summed E-state index contributed by atoms with van der Waals surface area (Å²) in [5, 5.41) is 9.83. The summed E-state index contributed by atoms with van der Waals surface area (Å²) < 4.78 is 2.36. The van der Waals surface area contributed by atoms with E-state index in [9.17, 15) is 9.90 Å². The first kappa shape index (κ1) is 21.0. The van der Waals surface area contributed by atoms with Gasteiger partial charge in [0.1, 0.15) is 11.6 Å². The van der Waals surface area contributed by atoms with Gasteiger partial charge in [0.05, 0.1) is 11.0 Å². The molecule has 0 spiro atoms. The summed E-state index contributed by atoms with van der Waals surface area (Å²) in [6.07, 6.45) is 3.17. The molecule has 5 nitrogen and oxygen atoms in total. The van der Waals surface area contributed by atoms with Gasteiger partial charge in [-0.25, -0.2) is 4.98 Å². The third-order valence-corrected chi connectivity index (χ3v) is 7.26. The van der Waals surface area contributed by atoms with Gasteiger partial charge in [0, 0.05) is 31.1 Å². The third kappa shape index (κ3) is 3.85. The molecule has 2 aliphatic rings. The van der Waals surface area contributed by atoms with Crippen LogP contribution in [0.1, 0.15) is 24.8 Å². The van der Waals surface area contributed by atoms with Crippen LogP contribution in [0, 0.1) is 18.8 Å². The predicted octanol–water partition coefficient (Wildman–Crippen LogP) is 5.64. The van der Waals surface area contributed by atoms with Crippen LogP contribution >= 0.6 is 0 Å². The minimum absolute atomic E-state index is 0.268. The highest BCUT2D eigenvalue weighted by Gasteiger charge is 2.36. The number of benzene rings is 3. The Morgan fingerprint density at radius 2 is 1.74 bits per heavy atom.